The highest BCUT2D eigenvalue weighted by atomic mass is 35.5. The molecule has 2 fully saturated rings. The first kappa shape index (κ1) is 33.2. The molecule has 2 saturated carbocycles. The van der Waals surface area contributed by atoms with Crippen LogP contribution in [0, 0.1) is 23.5 Å². The van der Waals surface area contributed by atoms with Gasteiger partial charge in [-0.1, -0.05) is 48.9 Å². The lowest BCUT2D eigenvalue weighted by Crippen LogP contribution is -2.50. The van der Waals surface area contributed by atoms with E-state index in [1.807, 2.05) is 37.3 Å². The average Bonchev–Trinajstić information content (AvgIpc) is 3.34. The van der Waals surface area contributed by atoms with Crippen LogP contribution in [0.15, 0.2) is 48.5 Å². The van der Waals surface area contributed by atoms with E-state index in [0.717, 1.165) is 44.1 Å². The van der Waals surface area contributed by atoms with Crippen molar-refractivity contribution in [3.8, 4) is 22.6 Å². The maximum absolute atomic E-state index is 16.0. The Balaban J connectivity index is 1.29. The van der Waals surface area contributed by atoms with Crippen molar-refractivity contribution in [2.75, 3.05) is 20.2 Å². The molecule has 6 N–H and O–H groups in total. The monoisotopic (exact) mass is 666 g/mol. The van der Waals surface area contributed by atoms with E-state index < -0.39 is 29.1 Å². The first-order chi connectivity index (χ1) is 22.6. The number of amides is 2. The van der Waals surface area contributed by atoms with Crippen molar-refractivity contribution in [3.63, 3.8) is 0 Å². The number of ether oxygens (including phenoxy) is 2. The van der Waals surface area contributed by atoms with E-state index in [4.69, 9.17) is 32.5 Å². The zero-order chi connectivity index (χ0) is 33.5. The molecule has 47 heavy (non-hydrogen) atoms. The van der Waals surface area contributed by atoms with Crippen molar-refractivity contribution >= 4 is 23.4 Å². The number of fused-ring (bicyclic) bond motifs is 1. The number of rotatable bonds is 10. The molecule has 0 spiro atoms. The van der Waals surface area contributed by atoms with Gasteiger partial charge in [0.25, 0.3) is 0 Å². The van der Waals surface area contributed by atoms with Gasteiger partial charge < -0.3 is 31.6 Å². The summed E-state index contributed by atoms with van der Waals surface area (Å²) in [6.07, 6.45) is 5.05. The van der Waals surface area contributed by atoms with E-state index in [2.05, 4.69) is 10.6 Å². The van der Waals surface area contributed by atoms with E-state index in [-0.39, 0.29) is 57.1 Å². The average molecular weight is 667 g/mol. The number of carbonyl (C=O) groups excluding carboxylic acids is 2. The number of hydrogen-bond donors (Lipinski definition) is 4. The van der Waals surface area contributed by atoms with Gasteiger partial charge in [-0.15, -0.1) is 0 Å². The molecule has 250 valence electrons. The van der Waals surface area contributed by atoms with Crippen molar-refractivity contribution in [2.24, 2.45) is 23.3 Å². The summed E-state index contributed by atoms with van der Waals surface area (Å²) in [4.78, 5) is 25.4. The van der Waals surface area contributed by atoms with Gasteiger partial charge in [-0.05, 0) is 68.7 Å². The highest BCUT2D eigenvalue weighted by molar-refractivity contribution is 6.34. The van der Waals surface area contributed by atoms with E-state index in [1.165, 1.54) is 25.3 Å². The molecule has 1 heterocycles. The van der Waals surface area contributed by atoms with Gasteiger partial charge in [0.1, 0.15) is 11.6 Å². The SMILES string of the molecule is COc1ccc(C(N)=O)c(-c2c(Cl)c(F)cc3c2[C@H](C)[C@@](CNC2CCC(C(=O)NC4CC(CN)C4)CC2)(c2ccccc2)O3)c1F. The minimum atomic E-state index is -1.03. The Morgan fingerprint density at radius 1 is 1.04 bits per heavy atom. The number of nitrogens with one attached hydrogen (secondary N) is 2. The quantitative estimate of drug-likeness (QED) is 0.217. The van der Waals surface area contributed by atoms with Gasteiger partial charge in [0.2, 0.25) is 11.8 Å². The van der Waals surface area contributed by atoms with E-state index in [9.17, 15) is 9.59 Å². The van der Waals surface area contributed by atoms with Crippen LogP contribution in [0.3, 0.4) is 0 Å². The Morgan fingerprint density at radius 2 is 1.74 bits per heavy atom. The molecule has 1 aliphatic heterocycles. The zero-order valence-electron chi connectivity index (χ0n) is 26.6. The zero-order valence-corrected chi connectivity index (χ0v) is 27.3. The normalized spacial score (nSPS) is 26.6. The third-order valence-electron chi connectivity index (χ3n) is 10.4. The van der Waals surface area contributed by atoms with Crippen molar-refractivity contribution in [3.05, 3.63) is 81.9 Å². The lowest BCUT2D eigenvalue weighted by atomic mass is 9.77. The standard InChI is InChI=1S/C36H41ClF2N4O4/c1-19-29-28(16-26(38)32(37)31(29)30-25(34(41)44)12-13-27(46-2)33(30)39)47-36(19,22-6-4-3-5-7-22)18-42-23-10-8-21(9-11-23)35(45)43-24-14-20(15-24)17-40/h3-7,12-13,16,19-21,23-24,42H,8-11,14-15,17-18,40H2,1-2H3,(H2,41,44)(H,43,45)/t19-,20?,21?,23?,24?,36-/m0/s1. The lowest BCUT2D eigenvalue weighted by molar-refractivity contribution is -0.127. The molecule has 3 aliphatic rings. The summed E-state index contributed by atoms with van der Waals surface area (Å²) in [5.74, 6) is -2.40. The number of halogens is 3. The van der Waals surface area contributed by atoms with Crippen LogP contribution in [-0.2, 0) is 10.4 Å². The van der Waals surface area contributed by atoms with Crippen molar-refractivity contribution in [1.29, 1.82) is 0 Å². The first-order valence-electron chi connectivity index (χ1n) is 16.2. The fraction of sp³-hybridized carbons (Fsp3) is 0.444. The molecule has 8 nitrogen and oxygen atoms in total. The number of nitrogens with two attached hydrogens (primary N) is 2. The number of hydrogen-bond acceptors (Lipinski definition) is 6. The van der Waals surface area contributed by atoms with Crippen LogP contribution in [0.5, 0.6) is 11.5 Å². The molecular formula is C36H41ClF2N4O4. The van der Waals surface area contributed by atoms with E-state index in [1.54, 1.807) is 0 Å². The third-order valence-corrected chi connectivity index (χ3v) is 10.8. The minimum Gasteiger partial charge on any atom is -0.494 e. The van der Waals surface area contributed by atoms with Gasteiger partial charge >= 0.3 is 0 Å². The predicted octanol–water partition coefficient (Wildman–Crippen LogP) is 5.79. The summed E-state index contributed by atoms with van der Waals surface area (Å²) in [6.45, 7) is 2.94. The summed E-state index contributed by atoms with van der Waals surface area (Å²) < 4.78 is 43.5. The van der Waals surface area contributed by atoms with Crippen molar-refractivity contribution in [1.82, 2.24) is 10.6 Å². The first-order valence-corrected chi connectivity index (χ1v) is 16.6. The highest BCUT2D eigenvalue weighted by Crippen LogP contribution is 2.56. The second-order valence-electron chi connectivity index (χ2n) is 13.1. The van der Waals surface area contributed by atoms with Gasteiger partial charge in [-0.2, -0.15) is 0 Å². The van der Waals surface area contributed by atoms with Crippen LogP contribution in [0.25, 0.3) is 11.1 Å². The molecule has 0 saturated heterocycles. The third kappa shape index (κ3) is 6.07. The molecular weight excluding hydrogens is 626 g/mol. The number of benzene rings is 3. The lowest BCUT2D eigenvalue weighted by Gasteiger charge is -2.38. The Bertz CT molecular complexity index is 1660. The predicted molar refractivity (Wildman–Crippen MR) is 176 cm³/mol. The van der Waals surface area contributed by atoms with Crippen LogP contribution in [0.2, 0.25) is 5.02 Å². The van der Waals surface area contributed by atoms with Crippen molar-refractivity contribution < 1.29 is 27.8 Å². The van der Waals surface area contributed by atoms with Gasteiger partial charge in [0.15, 0.2) is 17.2 Å². The number of methoxy groups -OCH3 is 1. The Kier molecular flexibility index (Phi) is 9.47. The fourth-order valence-electron chi connectivity index (χ4n) is 7.60. The summed E-state index contributed by atoms with van der Waals surface area (Å²) in [6, 6.07) is 13.8. The van der Waals surface area contributed by atoms with Gasteiger partial charge in [0.05, 0.1) is 17.7 Å². The molecule has 11 heteroatoms. The summed E-state index contributed by atoms with van der Waals surface area (Å²) in [7, 11) is 1.30. The Morgan fingerprint density at radius 3 is 2.38 bits per heavy atom. The van der Waals surface area contributed by atoms with Crippen LogP contribution >= 0.6 is 11.6 Å². The second kappa shape index (κ2) is 13.4. The van der Waals surface area contributed by atoms with Crippen LogP contribution in [-0.4, -0.2) is 44.1 Å². The summed E-state index contributed by atoms with van der Waals surface area (Å²) >= 11 is 6.61. The van der Waals surface area contributed by atoms with Crippen LogP contribution in [0.4, 0.5) is 8.78 Å². The molecule has 2 amide bonds. The Labute approximate surface area is 278 Å². The molecule has 2 atom stereocenters. The highest BCUT2D eigenvalue weighted by Gasteiger charge is 2.50. The van der Waals surface area contributed by atoms with E-state index >= 15 is 8.78 Å². The fourth-order valence-corrected chi connectivity index (χ4v) is 7.85. The molecule has 0 aromatic heterocycles. The number of primary amides is 1. The van der Waals surface area contributed by atoms with Crippen LogP contribution < -0.4 is 31.6 Å². The van der Waals surface area contributed by atoms with Gasteiger partial charge in [-0.3, -0.25) is 9.59 Å². The molecule has 0 radical (unpaired) electrons. The molecule has 0 unspecified atom stereocenters. The Hall–Kier alpha value is -3.73. The van der Waals surface area contributed by atoms with E-state index in [0.29, 0.717) is 24.6 Å². The molecule has 0 bridgehead atoms. The molecule has 3 aromatic carbocycles. The number of carbonyl (C=O) groups is 2. The summed E-state index contributed by atoms with van der Waals surface area (Å²) in [5.41, 5.74) is 11.3. The van der Waals surface area contributed by atoms with Gasteiger partial charge in [-0.25, -0.2) is 8.78 Å². The largest absolute Gasteiger partial charge is 0.494 e. The molecule has 2 aliphatic carbocycles. The maximum atomic E-state index is 16.0. The maximum Gasteiger partial charge on any atom is 0.249 e. The minimum absolute atomic E-state index is 0.00735. The van der Waals surface area contributed by atoms with Gasteiger partial charge in [0, 0.05) is 53.2 Å². The van der Waals surface area contributed by atoms with Crippen LogP contribution in [0.1, 0.15) is 72.9 Å². The topological polar surface area (TPSA) is 129 Å². The molecule has 6 rings (SSSR count). The molecule has 3 aromatic rings. The smallest absolute Gasteiger partial charge is 0.249 e. The van der Waals surface area contributed by atoms with Crippen molar-refractivity contribution in [2.45, 2.75) is 69.1 Å². The second-order valence-corrected chi connectivity index (χ2v) is 13.5. The summed E-state index contributed by atoms with van der Waals surface area (Å²) in [5, 5.41) is 6.54.